The Morgan fingerprint density at radius 1 is 1.50 bits per heavy atom. The van der Waals surface area contributed by atoms with Gasteiger partial charge in [0.05, 0.1) is 13.2 Å². The van der Waals surface area contributed by atoms with Crippen LogP contribution in [0.1, 0.15) is 27.2 Å². The van der Waals surface area contributed by atoms with E-state index in [4.69, 9.17) is 4.74 Å². The van der Waals surface area contributed by atoms with Crippen molar-refractivity contribution in [3.63, 3.8) is 0 Å². The molecule has 49 valence electrons. The Labute approximate surface area is 52.0 Å². The summed E-state index contributed by atoms with van der Waals surface area (Å²) in [7, 11) is 3.38. The van der Waals surface area contributed by atoms with Crippen LogP contribution in [0.25, 0.3) is 0 Å². The molecule has 1 nitrogen and oxygen atoms in total. The molecule has 0 amide bonds. The second kappa shape index (κ2) is 3.90. The predicted octanol–water partition coefficient (Wildman–Crippen LogP) is 2.23. The highest BCUT2D eigenvalue weighted by Gasteiger charge is 2.07. The van der Waals surface area contributed by atoms with Crippen molar-refractivity contribution in [3.8, 4) is 0 Å². The SMILES string of the molecule is [CH2]OC(CC)C(C)C. The fourth-order valence-electron chi connectivity index (χ4n) is 0.782. The second-order valence-corrected chi connectivity index (χ2v) is 2.36. The molecule has 0 saturated heterocycles. The van der Waals surface area contributed by atoms with E-state index < -0.39 is 0 Å². The minimum Gasteiger partial charge on any atom is -0.376 e. The Morgan fingerprint density at radius 2 is 2.00 bits per heavy atom. The van der Waals surface area contributed by atoms with Crippen LogP contribution in [0, 0.1) is 13.0 Å². The molecule has 0 N–H and O–H groups in total. The summed E-state index contributed by atoms with van der Waals surface area (Å²) in [6.45, 7) is 6.38. The van der Waals surface area contributed by atoms with Gasteiger partial charge in [-0.05, 0) is 12.3 Å². The van der Waals surface area contributed by atoms with Gasteiger partial charge in [0.1, 0.15) is 0 Å². The number of hydrogen-bond acceptors (Lipinski definition) is 1. The maximum Gasteiger partial charge on any atom is 0.0704 e. The Kier molecular flexibility index (Phi) is 3.88. The van der Waals surface area contributed by atoms with Crippen molar-refractivity contribution in [2.45, 2.75) is 33.3 Å². The Bertz CT molecular complexity index is 46.3. The van der Waals surface area contributed by atoms with Crippen molar-refractivity contribution in [1.82, 2.24) is 0 Å². The average Bonchev–Trinajstić information content (AvgIpc) is 1.69. The van der Waals surface area contributed by atoms with Crippen LogP contribution in [0.4, 0.5) is 0 Å². The minimum atomic E-state index is 0.343. The van der Waals surface area contributed by atoms with Gasteiger partial charge in [-0.3, -0.25) is 0 Å². The van der Waals surface area contributed by atoms with Crippen LogP contribution in [0.3, 0.4) is 0 Å². The zero-order valence-electron chi connectivity index (χ0n) is 5.98. The first-order valence-corrected chi connectivity index (χ1v) is 3.13. The normalized spacial score (nSPS) is 14.6. The molecule has 8 heavy (non-hydrogen) atoms. The molecule has 1 unspecified atom stereocenters. The molecule has 0 aliphatic carbocycles. The molecule has 0 spiro atoms. The van der Waals surface area contributed by atoms with E-state index in [-0.39, 0.29) is 0 Å². The molecule has 1 heteroatoms. The molecule has 0 saturated carbocycles. The molecule has 0 aliphatic heterocycles. The summed E-state index contributed by atoms with van der Waals surface area (Å²) >= 11 is 0. The summed E-state index contributed by atoms with van der Waals surface area (Å²) in [4.78, 5) is 0. The van der Waals surface area contributed by atoms with Crippen LogP contribution in [0.15, 0.2) is 0 Å². The smallest absolute Gasteiger partial charge is 0.0704 e. The summed E-state index contributed by atoms with van der Waals surface area (Å²) in [5.41, 5.74) is 0. The van der Waals surface area contributed by atoms with Crippen LogP contribution in [0.2, 0.25) is 0 Å². The van der Waals surface area contributed by atoms with E-state index in [1.807, 2.05) is 0 Å². The van der Waals surface area contributed by atoms with E-state index in [0.29, 0.717) is 12.0 Å². The molecule has 1 atom stereocenters. The van der Waals surface area contributed by atoms with Crippen LogP contribution < -0.4 is 0 Å². The van der Waals surface area contributed by atoms with Gasteiger partial charge in [-0.25, -0.2) is 0 Å². The first-order chi connectivity index (χ1) is 3.72. The fraction of sp³-hybridized carbons (Fsp3) is 0.857. The third kappa shape index (κ3) is 2.31. The van der Waals surface area contributed by atoms with Gasteiger partial charge in [0.25, 0.3) is 0 Å². The van der Waals surface area contributed by atoms with Crippen molar-refractivity contribution >= 4 is 0 Å². The Morgan fingerprint density at radius 3 is 2.00 bits per heavy atom. The van der Waals surface area contributed by atoms with Crippen LogP contribution in [0.5, 0.6) is 0 Å². The molecular formula is C7H15O. The number of rotatable bonds is 3. The first-order valence-electron chi connectivity index (χ1n) is 3.13. The zero-order chi connectivity index (χ0) is 6.57. The summed E-state index contributed by atoms with van der Waals surface area (Å²) in [6, 6.07) is 0. The highest BCUT2D eigenvalue weighted by atomic mass is 16.5. The van der Waals surface area contributed by atoms with Gasteiger partial charge >= 0.3 is 0 Å². The van der Waals surface area contributed by atoms with Crippen molar-refractivity contribution < 1.29 is 4.74 Å². The zero-order valence-corrected chi connectivity index (χ0v) is 5.98. The lowest BCUT2D eigenvalue weighted by Crippen LogP contribution is -2.14. The van der Waals surface area contributed by atoms with E-state index in [1.165, 1.54) is 0 Å². The van der Waals surface area contributed by atoms with E-state index >= 15 is 0 Å². The predicted molar refractivity (Wildman–Crippen MR) is 35.4 cm³/mol. The lowest BCUT2D eigenvalue weighted by molar-refractivity contribution is 0.0920. The van der Waals surface area contributed by atoms with Gasteiger partial charge in [-0.1, -0.05) is 20.8 Å². The minimum absolute atomic E-state index is 0.343. The number of hydrogen-bond donors (Lipinski definition) is 0. The Hall–Kier alpha value is -0.0400. The van der Waals surface area contributed by atoms with Crippen LogP contribution in [-0.4, -0.2) is 6.10 Å². The molecular weight excluding hydrogens is 100 g/mol. The highest BCUT2D eigenvalue weighted by Crippen LogP contribution is 2.08. The molecule has 0 aromatic heterocycles. The third-order valence-corrected chi connectivity index (χ3v) is 1.36. The summed E-state index contributed by atoms with van der Waals surface area (Å²) in [5, 5.41) is 0. The van der Waals surface area contributed by atoms with Crippen LogP contribution >= 0.6 is 0 Å². The van der Waals surface area contributed by atoms with E-state index in [0.717, 1.165) is 6.42 Å². The van der Waals surface area contributed by atoms with E-state index in [9.17, 15) is 0 Å². The molecule has 0 aromatic carbocycles. The topological polar surface area (TPSA) is 9.23 Å². The summed E-state index contributed by atoms with van der Waals surface area (Å²) in [5.74, 6) is 0.595. The summed E-state index contributed by atoms with van der Waals surface area (Å²) in [6.07, 6.45) is 1.40. The Balaban J connectivity index is 3.35. The molecule has 0 aromatic rings. The van der Waals surface area contributed by atoms with Gasteiger partial charge in [0, 0.05) is 0 Å². The highest BCUT2D eigenvalue weighted by molar-refractivity contribution is 4.58. The lowest BCUT2D eigenvalue weighted by atomic mass is 10.1. The van der Waals surface area contributed by atoms with Crippen molar-refractivity contribution in [2.75, 3.05) is 0 Å². The quantitative estimate of drug-likeness (QED) is 0.548. The van der Waals surface area contributed by atoms with Gasteiger partial charge in [0.15, 0.2) is 0 Å². The van der Waals surface area contributed by atoms with Crippen molar-refractivity contribution in [3.05, 3.63) is 7.11 Å². The maximum atomic E-state index is 4.91. The molecule has 0 rings (SSSR count). The average molecular weight is 115 g/mol. The van der Waals surface area contributed by atoms with Crippen molar-refractivity contribution in [1.29, 1.82) is 0 Å². The first kappa shape index (κ1) is 7.96. The summed E-state index contributed by atoms with van der Waals surface area (Å²) < 4.78 is 4.91. The fourth-order valence-corrected chi connectivity index (χ4v) is 0.782. The van der Waals surface area contributed by atoms with E-state index in [2.05, 4.69) is 27.9 Å². The maximum absolute atomic E-state index is 4.91. The third-order valence-electron chi connectivity index (χ3n) is 1.36. The van der Waals surface area contributed by atoms with Gasteiger partial charge in [0.2, 0.25) is 0 Å². The molecule has 0 bridgehead atoms. The standard InChI is InChI=1S/C7H15O/c1-5-7(8-4)6(2)3/h6-7H,4-5H2,1-3H3. The largest absolute Gasteiger partial charge is 0.376 e. The van der Waals surface area contributed by atoms with E-state index in [1.54, 1.807) is 0 Å². The van der Waals surface area contributed by atoms with Gasteiger partial charge in [-0.15, -0.1) is 0 Å². The van der Waals surface area contributed by atoms with Crippen LogP contribution in [-0.2, 0) is 4.74 Å². The molecule has 1 radical (unpaired) electrons. The second-order valence-electron chi connectivity index (χ2n) is 2.36. The molecule has 0 fully saturated rings. The molecule has 0 heterocycles. The molecule has 0 aliphatic rings. The van der Waals surface area contributed by atoms with Gasteiger partial charge in [-0.2, -0.15) is 0 Å². The lowest BCUT2D eigenvalue weighted by Gasteiger charge is -2.15. The monoisotopic (exact) mass is 115 g/mol. The number of ether oxygens (including phenoxy) is 1. The van der Waals surface area contributed by atoms with Crippen molar-refractivity contribution in [2.24, 2.45) is 5.92 Å². The van der Waals surface area contributed by atoms with Gasteiger partial charge < -0.3 is 4.74 Å².